The first-order valence-electron chi connectivity index (χ1n) is 9.76. The van der Waals surface area contributed by atoms with E-state index in [-0.39, 0.29) is 12.0 Å². The van der Waals surface area contributed by atoms with Crippen LogP contribution in [0.1, 0.15) is 59.8 Å². The Morgan fingerprint density at radius 1 is 1.21 bits per heavy atom. The summed E-state index contributed by atoms with van der Waals surface area (Å²) in [7, 11) is 1.52. The Morgan fingerprint density at radius 3 is 2.69 bits per heavy atom. The van der Waals surface area contributed by atoms with Gasteiger partial charge in [0.2, 0.25) is 0 Å². The van der Waals surface area contributed by atoms with Gasteiger partial charge in [-0.25, -0.2) is 0 Å². The number of benzene rings is 1. The molecule has 154 valence electrons. The number of fused-ring (bicyclic) bond motifs is 1. The number of nitrogens with one attached hydrogen (secondary N) is 2. The zero-order valence-corrected chi connectivity index (χ0v) is 16.7. The Kier molecular flexibility index (Phi) is 6.06. The van der Waals surface area contributed by atoms with Crippen LogP contribution in [0.4, 0.5) is 0 Å². The van der Waals surface area contributed by atoms with E-state index in [1.807, 2.05) is 0 Å². The van der Waals surface area contributed by atoms with Crippen molar-refractivity contribution in [1.29, 1.82) is 0 Å². The molecule has 7 heteroatoms. The molecule has 7 nitrogen and oxygen atoms in total. The molecule has 3 N–H and O–H groups in total. The van der Waals surface area contributed by atoms with Crippen LogP contribution in [0.2, 0.25) is 0 Å². The number of methoxy groups -OCH3 is 1. The molecular weight excluding hydrogens is 372 g/mol. The van der Waals surface area contributed by atoms with Gasteiger partial charge in [0, 0.05) is 5.69 Å². The summed E-state index contributed by atoms with van der Waals surface area (Å²) in [5.41, 5.74) is 0.797. The number of hydrogen-bond donors (Lipinski definition) is 3. The first-order chi connectivity index (χ1) is 13.8. The summed E-state index contributed by atoms with van der Waals surface area (Å²) in [6.07, 6.45) is 4.39. The Morgan fingerprint density at radius 2 is 1.97 bits per heavy atom. The normalized spacial score (nSPS) is 15.5. The molecule has 1 atom stereocenters. The smallest absolute Gasteiger partial charge is 0.306 e. The summed E-state index contributed by atoms with van der Waals surface area (Å²) in [4.78, 5) is 39.9. The predicted molar refractivity (Wildman–Crippen MR) is 108 cm³/mol. The van der Waals surface area contributed by atoms with Crippen molar-refractivity contribution in [3.63, 3.8) is 0 Å². The molecule has 2 aromatic rings. The molecule has 0 bridgehead atoms. The fourth-order valence-electron chi connectivity index (χ4n) is 3.83. The van der Waals surface area contributed by atoms with Gasteiger partial charge in [0.25, 0.3) is 11.5 Å². The van der Waals surface area contributed by atoms with Crippen LogP contribution in [-0.4, -0.2) is 29.1 Å². The molecule has 0 spiro atoms. The molecule has 29 heavy (non-hydrogen) atoms. The minimum atomic E-state index is -1.21. The lowest BCUT2D eigenvalue weighted by molar-refractivity contribution is -0.138. The maximum absolute atomic E-state index is 13.0. The topological polar surface area (TPSA) is 108 Å². The van der Waals surface area contributed by atoms with Crippen LogP contribution >= 0.6 is 0 Å². The second-order valence-corrected chi connectivity index (χ2v) is 7.67. The third-order valence-corrected chi connectivity index (χ3v) is 5.43. The highest BCUT2D eigenvalue weighted by Crippen LogP contribution is 2.28. The third-order valence-electron chi connectivity index (χ3n) is 5.43. The van der Waals surface area contributed by atoms with E-state index in [2.05, 4.69) is 10.3 Å². The molecule has 1 heterocycles. The molecule has 0 saturated heterocycles. The highest BCUT2D eigenvalue weighted by atomic mass is 16.5. The van der Waals surface area contributed by atoms with Crippen molar-refractivity contribution in [1.82, 2.24) is 10.3 Å². The van der Waals surface area contributed by atoms with E-state index in [1.165, 1.54) is 7.11 Å². The fourth-order valence-corrected chi connectivity index (χ4v) is 3.83. The lowest BCUT2D eigenvalue weighted by Crippen LogP contribution is -2.46. The van der Waals surface area contributed by atoms with Gasteiger partial charge in [-0.15, -0.1) is 0 Å². The lowest BCUT2D eigenvalue weighted by atomic mass is 9.88. The van der Waals surface area contributed by atoms with Gasteiger partial charge in [-0.05, 0) is 61.9 Å². The molecule has 1 aliphatic carbocycles. The van der Waals surface area contributed by atoms with Gasteiger partial charge in [-0.1, -0.05) is 18.6 Å². The summed E-state index contributed by atoms with van der Waals surface area (Å²) in [6, 6.07) is 8.54. The van der Waals surface area contributed by atoms with Crippen LogP contribution in [0.5, 0.6) is 5.75 Å². The number of carbonyl (C=O) groups is 2. The summed E-state index contributed by atoms with van der Waals surface area (Å²) in [5.74, 6) is -1.10. The number of rotatable bonds is 6. The molecule has 1 aromatic carbocycles. The van der Waals surface area contributed by atoms with Crippen LogP contribution in [0.25, 0.3) is 0 Å². The predicted octanol–water partition coefficient (Wildman–Crippen LogP) is 2.77. The van der Waals surface area contributed by atoms with Gasteiger partial charge in [-0.2, -0.15) is 0 Å². The van der Waals surface area contributed by atoms with E-state index >= 15 is 0 Å². The number of aryl methyl sites for hydroxylation is 2. The number of hydrogen-bond acceptors (Lipinski definition) is 4. The van der Waals surface area contributed by atoms with Crippen LogP contribution in [0, 0.1) is 0 Å². The van der Waals surface area contributed by atoms with Crippen molar-refractivity contribution < 1.29 is 19.4 Å². The van der Waals surface area contributed by atoms with Gasteiger partial charge >= 0.3 is 5.97 Å². The maximum Gasteiger partial charge on any atom is 0.306 e. The van der Waals surface area contributed by atoms with E-state index in [1.54, 1.807) is 37.3 Å². The molecule has 0 fully saturated rings. The zero-order chi connectivity index (χ0) is 21.0. The average molecular weight is 398 g/mol. The Balaban J connectivity index is 1.96. The highest BCUT2D eigenvalue weighted by Gasteiger charge is 2.33. The largest absolute Gasteiger partial charge is 0.497 e. The van der Waals surface area contributed by atoms with E-state index in [0.717, 1.165) is 43.4 Å². The van der Waals surface area contributed by atoms with Crippen molar-refractivity contribution in [2.45, 2.75) is 51.0 Å². The molecule has 1 unspecified atom stereocenters. The first kappa shape index (κ1) is 20.6. The van der Waals surface area contributed by atoms with Crippen LogP contribution in [0.3, 0.4) is 0 Å². The number of amides is 1. The Bertz CT molecular complexity index is 981. The summed E-state index contributed by atoms with van der Waals surface area (Å²) in [6.45, 7) is 1.63. The molecular formula is C22H26N2O5. The SMILES string of the molecule is COc1cccc(C(C)(CC(=O)O)NC(=O)c2cc3c([nH]c2=O)CCCCC3)c1. The number of carboxylic acids is 1. The number of carbonyl (C=O) groups excluding carboxylic acids is 1. The number of H-pyrrole nitrogens is 1. The molecule has 0 radical (unpaired) electrons. The van der Waals surface area contributed by atoms with E-state index in [4.69, 9.17) is 4.74 Å². The van der Waals surface area contributed by atoms with Gasteiger partial charge in [0.05, 0.1) is 19.1 Å². The number of pyridine rings is 1. The van der Waals surface area contributed by atoms with Crippen molar-refractivity contribution in [2.24, 2.45) is 0 Å². The van der Waals surface area contributed by atoms with Crippen molar-refractivity contribution in [3.8, 4) is 5.75 Å². The fraction of sp³-hybridized carbons (Fsp3) is 0.409. The van der Waals surface area contributed by atoms with Gasteiger partial charge in [0.1, 0.15) is 11.3 Å². The molecule has 1 aliphatic rings. The van der Waals surface area contributed by atoms with E-state index < -0.39 is 23.0 Å². The van der Waals surface area contributed by atoms with Crippen molar-refractivity contribution >= 4 is 11.9 Å². The van der Waals surface area contributed by atoms with E-state index in [9.17, 15) is 19.5 Å². The zero-order valence-electron chi connectivity index (χ0n) is 16.7. The molecule has 1 aromatic heterocycles. The number of carboxylic acid groups (broad SMARTS) is 1. The quantitative estimate of drug-likeness (QED) is 0.649. The monoisotopic (exact) mass is 398 g/mol. The van der Waals surface area contributed by atoms with Gasteiger partial charge < -0.3 is 20.1 Å². The van der Waals surface area contributed by atoms with Gasteiger partial charge in [-0.3, -0.25) is 14.4 Å². The molecule has 1 amide bonds. The van der Waals surface area contributed by atoms with Gasteiger partial charge in [0.15, 0.2) is 0 Å². The molecule has 0 saturated carbocycles. The standard InChI is InChI=1S/C22H26N2O5/c1-22(13-19(25)26,15-8-6-9-16(12-15)29-2)24-21(28)17-11-14-7-4-3-5-10-18(14)23-20(17)27/h6,8-9,11-12H,3-5,7,10,13H2,1-2H3,(H,23,27)(H,24,28)(H,25,26). The summed E-state index contributed by atoms with van der Waals surface area (Å²) < 4.78 is 5.22. The Labute approximate surface area is 169 Å². The third kappa shape index (κ3) is 4.67. The van der Waals surface area contributed by atoms with Crippen LogP contribution in [-0.2, 0) is 23.2 Å². The number of aromatic amines is 1. The van der Waals surface area contributed by atoms with E-state index in [0.29, 0.717) is 11.3 Å². The maximum atomic E-state index is 13.0. The molecule has 3 rings (SSSR count). The minimum Gasteiger partial charge on any atom is -0.497 e. The minimum absolute atomic E-state index is 0.00478. The number of aromatic nitrogens is 1. The first-order valence-corrected chi connectivity index (χ1v) is 9.76. The lowest BCUT2D eigenvalue weighted by Gasteiger charge is -2.30. The van der Waals surface area contributed by atoms with Crippen molar-refractivity contribution in [3.05, 3.63) is 63.1 Å². The highest BCUT2D eigenvalue weighted by molar-refractivity contribution is 5.95. The second-order valence-electron chi connectivity index (χ2n) is 7.67. The molecule has 0 aliphatic heterocycles. The van der Waals surface area contributed by atoms with Crippen LogP contribution in [0.15, 0.2) is 35.1 Å². The van der Waals surface area contributed by atoms with Crippen LogP contribution < -0.4 is 15.6 Å². The average Bonchev–Trinajstić information content (AvgIpc) is 2.91. The number of aliphatic carboxylic acids is 1. The van der Waals surface area contributed by atoms with Crippen molar-refractivity contribution in [2.75, 3.05) is 7.11 Å². The number of ether oxygens (including phenoxy) is 1. The summed E-state index contributed by atoms with van der Waals surface area (Å²) in [5, 5.41) is 12.2. The second kappa shape index (κ2) is 8.51. The summed E-state index contributed by atoms with van der Waals surface area (Å²) >= 11 is 0. The Hall–Kier alpha value is -3.09.